The number of hydrogen-bond donors (Lipinski definition) is 1. The number of benzene rings is 1. The Labute approximate surface area is 109 Å². The molecule has 0 saturated carbocycles. The van der Waals surface area contributed by atoms with Crippen LogP contribution >= 0.6 is 0 Å². The van der Waals surface area contributed by atoms with Gasteiger partial charge in [0.25, 0.3) is 0 Å². The molecule has 1 N–H and O–H groups in total. The van der Waals surface area contributed by atoms with E-state index in [0.717, 1.165) is 13.1 Å². The highest BCUT2D eigenvalue weighted by Gasteiger charge is 2.09. The summed E-state index contributed by atoms with van der Waals surface area (Å²) in [5.74, 6) is 0. The Balaban J connectivity index is 2.36. The second-order valence-corrected chi connectivity index (χ2v) is 4.74. The van der Waals surface area contributed by atoms with Crippen molar-refractivity contribution in [3.05, 3.63) is 46.8 Å². The van der Waals surface area contributed by atoms with Crippen LogP contribution in [0.1, 0.15) is 29.3 Å². The zero-order chi connectivity index (χ0) is 13.1. The summed E-state index contributed by atoms with van der Waals surface area (Å²) in [4.78, 5) is 0. The molecule has 2 aromatic rings. The first-order chi connectivity index (χ1) is 8.63. The normalized spacial score (nSPS) is 10.9. The second-order valence-electron chi connectivity index (χ2n) is 4.74. The number of rotatable bonds is 4. The molecule has 18 heavy (non-hydrogen) atoms. The molecular formula is C15H21N3. The van der Waals surface area contributed by atoms with Gasteiger partial charge in [0.05, 0.1) is 11.9 Å². The summed E-state index contributed by atoms with van der Waals surface area (Å²) in [6, 6.07) is 6.47. The van der Waals surface area contributed by atoms with Crippen LogP contribution in [0.2, 0.25) is 0 Å². The van der Waals surface area contributed by atoms with Gasteiger partial charge >= 0.3 is 0 Å². The Morgan fingerprint density at radius 3 is 2.67 bits per heavy atom. The maximum atomic E-state index is 4.51. The van der Waals surface area contributed by atoms with Crippen LogP contribution in [-0.2, 0) is 6.54 Å². The summed E-state index contributed by atoms with van der Waals surface area (Å²) >= 11 is 0. The van der Waals surface area contributed by atoms with Gasteiger partial charge in [-0.3, -0.25) is 0 Å². The predicted octanol–water partition coefficient (Wildman–Crippen LogP) is 2.91. The summed E-state index contributed by atoms with van der Waals surface area (Å²) in [5.41, 5.74) is 6.19. The maximum Gasteiger partial charge on any atom is 0.0678 e. The van der Waals surface area contributed by atoms with E-state index < -0.39 is 0 Å². The van der Waals surface area contributed by atoms with E-state index in [0.29, 0.717) is 0 Å². The van der Waals surface area contributed by atoms with Crippen LogP contribution in [0.25, 0.3) is 5.69 Å². The van der Waals surface area contributed by atoms with Gasteiger partial charge in [0, 0.05) is 17.8 Å². The first kappa shape index (κ1) is 12.8. The van der Waals surface area contributed by atoms with E-state index in [1.165, 1.54) is 28.1 Å². The lowest BCUT2D eigenvalue weighted by Crippen LogP contribution is -2.12. The molecule has 0 unspecified atom stereocenters. The number of nitrogens with one attached hydrogen (secondary N) is 1. The van der Waals surface area contributed by atoms with Crippen LogP contribution < -0.4 is 5.32 Å². The molecule has 0 bridgehead atoms. The summed E-state index contributed by atoms with van der Waals surface area (Å²) in [6.45, 7) is 10.3. The molecule has 0 atom stereocenters. The van der Waals surface area contributed by atoms with Crippen molar-refractivity contribution < 1.29 is 0 Å². The van der Waals surface area contributed by atoms with Crippen molar-refractivity contribution in [1.29, 1.82) is 0 Å². The van der Waals surface area contributed by atoms with Crippen LogP contribution in [0.5, 0.6) is 0 Å². The zero-order valence-electron chi connectivity index (χ0n) is 11.6. The van der Waals surface area contributed by atoms with Crippen molar-refractivity contribution >= 4 is 0 Å². The van der Waals surface area contributed by atoms with Gasteiger partial charge in [0.15, 0.2) is 0 Å². The Morgan fingerprint density at radius 2 is 2.00 bits per heavy atom. The van der Waals surface area contributed by atoms with Crippen LogP contribution in [0.15, 0.2) is 24.4 Å². The Morgan fingerprint density at radius 1 is 1.22 bits per heavy atom. The molecule has 0 aliphatic carbocycles. The summed E-state index contributed by atoms with van der Waals surface area (Å²) in [6.07, 6.45) is 1.96. The molecule has 0 fully saturated rings. The highest BCUT2D eigenvalue weighted by atomic mass is 15.3. The highest BCUT2D eigenvalue weighted by molar-refractivity contribution is 5.43. The van der Waals surface area contributed by atoms with Crippen LogP contribution in [0.4, 0.5) is 0 Å². The SMILES string of the molecule is CCNCc1cnn(-c2ccc(C)cc2C)c1C. The fourth-order valence-corrected chi connectivity index (χ4v) is 2.16. The van der Waals surface area contributed by atoms with Gasteiger partial charge in [-0.05, 0) is 38.9 Å². The highest BCUT2D eigenvalue weighted by Crippen LogP contribution is 2.18. The van der Waals surface area contributed by atoms with E-state index in [9.17, 15) is 0 Å². The first-order valence-electron chi connectivity index (χ1n) is 6.45. The molecule has 0 amide bonds. The average molecular weight is 243 g/mol. The number of nitrogens with zero attached hydrogens (tertiary/aromatic N) is 2. The molecule has 96 valence electrons. The number of aryl methyl sites for hydroxylation is 2. The smallest absolute Gasteiger partial charge is 0.0678 e. The molecule has 0 radical (unpaired) electrons. The molecule has 3 heteroatoms. The number of hydrogen-bond acceptors (Lipinski definition) is 2. The third-order valence-corrected chi connectivity index (χ3v) is 3.26. The van der Waals surface area contributed by atoms with Gasteiger partial charge in [-0.15, -0.1) is 0 Å². The standard InChI is InChI=1S/C15H21N3/c1-5-16-9-14-10-17-18(13(14)4)15-7-6-11(2)8-12(15)3/h6-8,10,16H,5,9H2,1-4H3. The van der Waals surface area contributed by atoms with E-state index in [1.54, 1.807) is 0 Å². The van der Waals surface area contributed by atoms with Gasteiger partial charge in [0.2, 0.25) is 0 Å². The van der Waals surface area contributed by atoms with Gasteiger partial charge in [0.1, 0.15) is 0 Å². The lowest BCUT2D eigenvalue weighted by atomic mass is 10.1. The van der Waals surface area contributed by atoms with Crippen molar-refractivity contribution in [2.45, 2.75) is 34.2 Å². The minimum atomic E-state index is 0.882. The Kier molecular flexibility index (Phi) is 3.82. The monoisotopic (exact) mass is 243 g/mol. The molecule has 0 aliphatic rings. The van der Waals surface area contributed by atoms with E-state index in [-0.39, 0.29) is 0 Å². The Hall–Kier alpha value is -1.61. The van der Waals surface area contributed by atoms with E-state index in [2.05, 4.69) is 56.3 Å². The largest absolute Gasteiger partial charge is 0.313 e. The average Bonchev–Trinajstić information content (AvgIpc) is 2.68. The van der Waals surface area contributed by atoms with Crippen molar-refractivity contribution in [3.8, 4) is 5.69 Å². The lowest BCUT2D eigenvalue weighted by molar-refractivity contribution is 0.721. The fraction of sp³-hybridized carbons (Fsp3) is 0.400. The van der Waals surface area contributed by atoms with Gasteiger partial charge in [-0.2, -0.15) is 5.10 Å². The van der Waals surface area contributed by atoms with Gasteiger partial charge < -0.3 is 5.32 Å². The summed E-state index contributed by atoms with van der Waals surface area (Å²) in [7, 11) is 0. The molecule has 0 spiro atoms. The molecule has 1 heterocycles. The Bertz CT molecular complexity index is 541. The van der Waals surface area contributed by atoms with Crippen molar-refractivity contribution in [2.75, 3.05) is 6.54 Å². The minimum Gasteiger partial charge on any atom is -0.313 e. The van der Waals surface area contributed by atoms with Gasteiger partial charge in [-0.25, -0.2) is 4.68 Å². The van der Waals surface area contributed by atoms with Gasteiger partial charge in [-0.1, -0.05) is 24.6 Å². The third-order valence-electron chi connectivity index (χ3n) is 3.26. The maximum absolute atomic E-state index is 4.51. The topological polar surface area (TPSA) is 29.9 Å². The molecular weight excluding hydrogens is 222 g/mol. The molecule has 2 rings (SSSR count). The summed E-state index contributed by atoms with van der Waals surface area (Å²) in [5, 5.41) is 7.85. The van der Waals surface area contributed by atoms with Crippen molar-refractivity contribution in [1.82, 2.24) is 15.1 Å². The molecule has 3 nitrogen and oxygen atoms in total. The van der Waals surface area contributed by atoms with Crippen LogP contribution in [-0.4, -0.2) is 16.3 Å². The van der Waals surface area contributed by atoms with E-state index in [1.807, 2.05) is 10.9 Å². The third kappa shape index (κ3) is 2.46. The predicted molar refractivity (Wildman–Crippen MR) is 75.2 cm³/mol. The first-order valence-corrected chi connectivity index (χ1v) is 6.45. The molecule has 0 saturated heterocycles. The van der Waals surface area contributed by atoms with E-state index >= 15 is 0 Å². The second kappa shape index (κ2) is 5.36. The molecule has 0 aliphatic heterocycles. The minimum absolute atomic E-state index is 0.882. The van der Waals surface area contributed by atoms with E-state index in [4.69, 9.17) is 0 Å². The quantitative estimate of drug-likeness (QED) is 0.895. The van der Waals surface area contributed by atoms with Crippen LogP contribution in [0, 0.1) is 20.8 Å². The zero-order valence-corrected chi connectivity index (χ0v) is 11.6. The van der Waals surface area contributed by atoms with Crippen molar-refractivity contribution in [2.24, 2.45) is 0 Å². The van der Waals surface area contributed by atoms with Crippen LogP contribution in [0.3, 0.4) is 0 Å². The molecule has 1 aromatic carbocycles. The number of aromatic nitrogens is 2. The molecule has 1 aromatic heterocycles. The van der Waals surface area contributed by atoms with Crippen molar-refractivity contribution in [3.63, 3.8) is 0 Å². The lowest BCUT2D eigenvalue weighted by Gasteiger charge is -2.09. The summed E-state index contributed by atoms with van der Waals surface area (Å²) < 4.78 is 2.03. The fourth-order valence-electron chi connectivity index (χ4n) is 2.16.